The van der Waals surface area contributed by atoms with Gasteiger partial charge < -0.3 is 14.9 Å². The third-order valence-electron chi connectivity index (χ3n) is 7.46. The molecule has 2 atom stereocenters. The van der Waals surface area contributed by atoms with Crippen LogP contribution in [0.2, 0.25) is 0 Å². The molecular weight excluding hydrogens is 336 g/mol. The lowest BCUT2D eigenvalue weighted by Gasteiger charge is -2.63. The molecule has 4 fully saturated rings. The van der Waals surface area contributed by atoms with Crippen molar-refractivity contribution in [2.24, 2.45) is 23.2 Å². The van der Waals surface area contributed by atoms with E-state index in [1.807, 2.05) is 42.5 Å². The fraction of sp³-hybridized carbons (Fsp3) is 0.500. The van der Waals surface area contributed by atoms with Crippen molar-refractivity contribution in [3.05, 3.63) is 65.7 Å². The molecule has 0 saturated heterocycles. The lowest BCUT2D eigenvalue weighted by molar-refractivity contribution is -0.215. The van der Waals surface area contributed by atoms with E-state index < -0.39 is 5.60 Å². The molecule has 0 heterocycles. The zero-order valence-electron chi connectivity index (χ0n) is 15.7. The molecule has 0 amide bonds. The molecule has 0 spiro atoms. The molecule has 27 heavy (non-hydrogen) atoms. The molecule has 4 saturated carbocycles. The first-order chi connectivity index (χ1) is 13.1. The van der Waals surface area contributed by atoms with Crippen molar-refractivity contribution in [3.8, 4) is 5.75 Å². The maximum absolute atomic E-state index is 11.7. The van der Waals surface area contributed by atoms with Crippen molar-refractivity contribution in [2.45, 2.75) is 44.3 Å². The normalized spacial score (nSPS) is 36.7. The predicted molar refractivity (Wildman–Crippen MR) is 104 cm³/mol. The Labute approximate surface area is 161 Å². The van der Waals surface area contributed by atoms with Gasteiger partial charge in [-0.15, -0.1) is 0 Å². The number of hydrogen-bond donors (Lipinski definition) is 2. The first-order valence-electron chi connectivity index (χ1n) is 10.2. The third kappa shape index (κ3) is 2.79. The number of aliphatic hydroxyl groups excluding tert-OH is 1. The zero-order valence-corrected chi connectivity index (χ0v) is 15.7. The maximum atomic E-state index is 11.7. The monoisotopic (exact) mass is 364 g/mol. The predicted octanol–water partition coefficient (Wildman–Crippen LogP) is 4.27. The van der Waals surface area contributed by atoms with Crippen LogP contribution in [-0.4, -0.2) is 16.8 Å². The molecule has 4 bridgehead atoms. The van der Waals surface area contributed by atoms with Crippen molar-refractivity contribution in [1.29, 1.82) is 0 Å². The molecule has 6 rings (SSSR count). The van der Waals surface area contributed by atoms with Gasteiger partial charge in [0.25, 0.3) is 0 Å². The van der Waals surface area contributed by atoms with Crippen LogP contribution in [0.15, 0.2) is 54.6 Å². The van der Waals surface area contributed by atoms with E-state index in [4.69, 9.17) is 4.74 Å². The SMILES string of the molecule is OCC12CC3CC(C1)C(O)(c1ccc(OCc4ccccc4)cc1)C(C3)C2. The van der Waals surface area contributed by atoms with Crippen molar-refractivity contribution in [2.75, 3.05) is 6.61 Å². The van der Waals surface area contributed by atoms with Gasteiger partial charge in [0.1, 0.15) is 12.4 Å². The fourth-order valence-electron chi connectivity index (χ4n) is 6.37. The molecule has 0 aliphatic heterocycles. The fourth-order valence-corrected chi connectivity index (χ4v) is 6.37. The summed E-state index contributed by atoms with van der Waals surface area (Å²) < 4.78 is 5.90. The molecule has 0 aromatic heterocycles. The molecule has 4 aliphatic rings. The van der Waals surface area contributed by atoms with Crippen molar-refractivity contribution < 1.29 is 14.9 Å². The van der Waals surface area contributed by atoms with Crippen LogP contribution in [0.3, 0.4) is 0 Å². The summed E-state index contributed by atoms with van der Waals surface area (Å²) in [5, 5.41) is 21.7. The van der Waals surface area contributed by atoms with Crippen LogP contribution in [0, 0.1) is 23.2 Å². The molecule has 142 valence electrons. The first kappa shape index (κ1) is 17.3. The van der Waals surface area contributed by atoms with Gasteiger partial charge in [0.15, 0.2) is 0 Å². The largest absolute Gasteiger partial charge is 0.489 e. The Morgan fingerprint density at radius 2 is 1.56 bits per heavy atom. The van der Waals surface area contributed by atoms with Crippen LogP contribution in [0.1, 0.15) is 43.2 Å². The molecule has 2 unspecified atom stereocenters. The van der Waals surface area contributed by atoms with E-state index in [9.17, 15) is 10.2 Å². The maximum Gasteiger partial charge on any atom is 0.119 e. The Kier molecular flexibility index (Phi) is 4.06. The second-order valence-corrected chi connectivity index (χ2v) is 9.13. The highest BCUT2D eigenvalue weighted by atomic mass is 16.5. The van der Waals surface area contributed by atoms with E-state index in [2.05, 4.69) is 12.1 Å². The molecule has 2 aromatic rings. The van der Waals surface area contributed by atoms with E-state index in [0.29, 0.717) is 12.5 Å². The van der Waals surface area contributed by atoms with E-state index in [0.717, 1.165) is 49.0 Å². The van der Waals surface area contributed by atoms with E-state index in [1.54, 1.807) is 0 Å². The summed E-state index contributed by atoms with van der Waals surface area (Å²) in [6.07, 6.45) is 5.26. The zero-order chi connectivity index (χ0) is 18.5. The summed E-state index contributed by atoms with van der Waals surface area (Å²) in [6.45, 7) is 0.829. The van der Waals surface area contributed by atoms with Crippen molar-refractivity contribution in [3.63, 3.8) is 0 Å². The van der Waals surface area contributed by atoms with Crippen molar-refractivity contribution in [1.82, 2.24) is 0 Å². The highest BCUT2D eigenvalue weighted by Crippen LogP contribution is 2.66. The summed E-state index contributed by atoms with van der Waals surface area (Å²) in [5.74, 6) is 2.06. The minimum Gasteiger partial charge on any atom is -0.489 e. The van der Waals surface area contributed by atoms with E-state index >= 15 is 0 Å². The number of rotatable bonds is 5. The lowest BCUT2D eigenvalue weighted by atomic mass is 9.44. The van der Waals surface area contributed by atoms with E-state index in [1.165, 1.54) is 0 Å². The second-order valence-electron chi connectivity index (χ2n) is 9.13. The quantitative estimate of drug-likeness (QED) is 0.833. The van der Waals surface area contributed by atoms with Gasteiger partial charge in [-0.05, 0) is 78.5 Å². The summed E-state index contributed by atoms with van der Waals surface area (Å²) >= 11 is 0. The summed E-state index contributed by atoms with van der Waals surface area (Å²) in [5.41, 5.74) is 1.50. The molecule has 4 aliphatic carbocycles. The van der Waals surface area contributed by atoms with Gasteiger partial charge in [-0.1, -0.05) is 42.5 Å². The number of ether oxygens (including phenoxy) is 1. The minimum absolute atomic E-state index is 0.0709. The van der Waals surface area contributed by atoms with Crippen molar-refractivity contribution >= 4 is 0 Å². The smallest absolute Gasteiger partial charge is 0.119 e. The Bertz CT molecular complexity index is 782. The van der Waals surface area contributed by atoms with Gasteiger partial charge in [0.05, 0.1) is 5.60 Å². The second kappa shape index (κ2) is 6.35. The average molecular weight is 364 g/mol. The summed E-state index contributed by atoms with van der Waals surface area (Å²) in [7, 11) is 0. The Morgan fingerprint density at radius 1 is 0.889 bits per heavy atom. The van der Waals surface area contributed by atoms with Gasteiger partial charge >= 0.3 is 0 Å². The van der Waals surface area contributed by atoms with Crippen LogP contribution in [-0.2, 0) is 12.2 Å². The molecule has 0 radical (unpaired) electrons. The van der Waals surface area contributed by atoms with Gasteiger partial charge in [0, 0.05) is 6.61 Å². The van der Waals surface area contributed by atoms with Crippen LogP contribution in [0.5, 0.6) is 5.75 Å². The van der Waals surface area contributed by atoms with Gasteiger partial charge in [-0.3, -0.25) is 0 Å². The summed E-state index contributed by atoms with van der Waals surface area (Å²) in [4.78, 5) is 0. The van der Waals surface area contributed by atoms with Crippen LogP contribution < -0.4 is 4.74 Å². The number of aliphatic hydroxyl groups is 2. The van der Waals surface area contributed by atoms with E-state index in [-0.39, 0.29) is 23.9 Å². The Balaban J connectivity index is 1.34. The number of benzene rings is 2. The Hall–Kier alpha value is -1.84. The van der Waals surface area contributed by atoms with Gasteiger partial charge in [-0.25, -0.2) is 0 Å². The molecule has 3 heteroatoms. The summed E-state index contributed by atoms with van der Waals surface area (Å²) in [6, 6.07) is 18.2. The topological polar surface area (TPSA) is 49.7 Å². The third-order valence-corrected chi connectivity index (χ3v) is 7.46. The highest BCUT2D eigenvalue weighted by molar-refractivity contribution is 5.34. The molecule has 2 aromatic carbocycles. The van der Waals surface area contributed by atoms with Gasteiger partial charge in [-0.2, -0.15) is 0 Å². The average Bonchev–Trinajstić information content (AvgIpc) is 2.71. The first-order valence-corrected chi connectivity index (χ1v) is 10.2. The standard InChI is InChI=1S/C24H28O3/c25-16-23-12-18-10-20(13-23)24(26,21(11-18)14-23)19-6-8-22(9-7-19)27-15-17-4-2-1-3-5-17/h1-9,18,20-21,25-26H,10-16H2. The molecule has 2 N–H and O–H groups in total. The van der Waals surface area contributed by atoms with Crippen LogP contribution in [0.25, 0.3) is 0 Å². The Morgan fingerprint density at radius 3 is 2.19 bits per heavy atom. The van der Waals surface area contributed by atoms with Crippen LogP contribution >= 0.6 is 0 Å². The van der Waals surface area contributed by atoms with Crippen LogP contribution in [0.4, 0.5) is 0 Å². The highest BCUT2D eigenvalue weighted by Gasteiger charge is 2.61. The molecule has 3 nitrogen and oxygen atoms in total. The minimum atomic E-state index is -0.743. The molecular formula is C24H28O3. The van der Waals surface area contributed by atoms with Gasteiger partial charge in [0.2, 0.25) is 0 Å². The number of hydrogen-bond acceptors (Lipinski definition) is 3. The lowest BCUT2D eigenvalue weighted by Crippen LogP contribution is -2.60.